The van der Waals surface area contributed by atoms with Crippen LogP contribution in [-0.2, 0) is 11.2 Å². The lowest BCUT2D eigenvalue weighted by Crippen LogP contribution is -2.03. The molecule has 2 N–H and O–H groups in total. The van der Waals surface area contributed by atoms with Gasteiger partial charge in [0.05, 0.1) is 5.00 Å². The second-order valence-electron chi connectivity index (χ2n) is 2.80. The van der Waals surface area contributed by atoms with Crippen molar-refractivity contribution in [1.29, 1.82) is 0 Å². The molecular weight excluding hydrogens is 202 g/mol. The van der Waals surface area contributed by atoms with Crippen molar-refractivity contribution >= 4 is 28.2 Å². The largest absolute Gasteiger partial charge is 0.477 e. The maximum atomic E-state index is 10.8. The van der Waals surface area contributed by atoms with Gasteiger partial charge in [0.25, 0.3) is 0 Å². The second-order valence-corrected chi connectivity index (χ2v) is 3.86. The number of carbonyl (C=O) groups excluding carboxylic acids is 1. The first kappa shape index (κ1) is 10.7. The number of aromatic carboxylic acids is 1. The average Bonchev–Trinajstić information content (AvgIpc) is 2.46. The Morgan fingerprint density at radius 1 is 1.57 bits per heavy atom. The quantitative estimate of drug-likeness (QED) is 0.806. The van der Waals surface area contributed by atoms with Crippen LogP contribution in [0.15, 0.2) is 6.07 Å². The summed E-state index contributed by atoms with van der Waals surface area (Å²) in [5.41, 5.74) is 0.756. The topological polar surface area (TPSA) is 66.4 Å². The third-order valence-corrected chi connectivity index (χ3v) is 2.76. The zero-order valence-electron chi connectivity index (χ0n) is 7.96. The van der Waals surface area contributed by atoms with E-state index >= 15 is 0 Å². The number of anilines is 1. The van der Waals surface area contributed by atoms with Gasteiger partial charge in [0, 0.05) is 6.92 Å². The number of hydrogen-bond donors (Lipinski definition) is 2. The Morgan fingerprint density at radius 3 is 2.57 bits per heavy atom. The number of nitrogens with one attached hydrogen (secondary N) is 1. The zero-order chi connectivity index (χ0) is 10.7. The van der Waals surface area contributed by atoms with E-state index in [1.807, 2.05) is 6.92 Å². The summed E-state index contributed by atoms with van der Waals surface area (Å²) in [5, 5.41) is 12.0. The third kappa shape index (κ3) is 2.32. The Labute approximate surface area is 85.6 Å². The molecule has 0 aliphatic carbocycles. The number of aryl methyl sites for hydroxylation is 1. The van der Waals surface area contributed by atoms with E-state index in [1.165, 1.54) is 6.92 Å². The predicted molar refractivity (Wildman–Crippen MR) is 55.0 cm³/mol. The highest BCUT2D eigenvalue weighted by Crippen LogP contribution is 2.27. The van der Waals surface area contributed by atoms with Gasteiger partial charge in [0.2, 0.25) is 5.91 Å². The minimum atomic E-state index is -0.941. The van der Waals surface area contributed by atoms with E-state index < -0.39 is 5.97 Å². The number of carbonyl (C=O) groups is 2. The maximum Gasteiger partial charge on any atom is 0.346 e. The molecule has 1 rings (SSSR count). The molecule has 1 aromatic heterocycles. The van der Waals surface area contributed by atoms with Crippen molar-refractivity contribution in [3.05, 3.63) is 16.5 Å². The molecule has 14 heavy (non-hydrogen) atoms. The van der Waals surface area contributed by atoms with Crippen LogP contribution in [0, 0.1) is 0 Å². The Hall–Kier alpha value is -1.36. The minimum absolute atomic E-state index is 0.189. The second kappa shape index (κ2) is 4.23. The summed E-state index contributed by atoms with van der Waals surface area (Å²) in [4.78, 5) is 21.8. The van der Waals surface area contributed by atoms with E-state index in [1.54, 1.807) is 6.07 Å². The standard InChI is InChI=1S/C9H11NO3S/c1-3-6-4-7(10-5(2)11)14-8(6)9(12)13/h4H,3H2,1-2H3,(H,10,11)(H,12,13). The molecule has 0 radical (unpaired) electrons. The first-order valence-electron chi connectivity index (χ1n) is 4.18. The molecule has 0 saturated carbocycles. The van der Waals surface area contributed by atoms with Gasteiger partial charge in [-0.2, -0.15) is 0 Å². The molecule has 0 fully saturated rings. The van der Waals surface area contributed by atoms with Gasteiger partial charge in [-0.15, -0.1) is 11.3 Å². The summed E-state index contributed by atoms with van der Waals surface area (Å²) in [6.07, 6.45) is 0.651. The molecule has 76 valence electrons. The smallest absolute Gasteiger partial charge is 0.346 e. The predicted octanol–water partition coefficient (Wildman–Crippen LogP) is 1.97. The maximum absolute atomic E-state index is 10.8. The Balaban J connectivity index is 3.00. The van der Waals surface area contributed by atoms with E-state index in [2.05, 4.69) is 5.32 Å². The van der Waals surface area contributed by atoms with Crippen LogP contribution in [-0.4, -0.2) is 17.0 Å². The number of rotatable bonds is 3. The molecule has 0 aromatic carbocycles. The fraction of sp³-hybridized carbons (Fsp3) is 0.333. The van der Waals surface area contributed by atoms with Crippen LogP contribution >= 0.6 is 11.3 Å². The lowest BCUT2D eigenvalue weighted by atomic mass is 10.2. The Morgan fingerprint density at radius 2 is 2.21 bits per heavy atom. The summed E-state index contributed by atoms with van der Waals surface area (Å²) in [6, 6.07) is 1.70. The van der Waals surface area contributed by atoms with Gasteiger partial charge < -0.3 is 10.4 Å². The highest BCUT2D eigenvalue weighted by atomic mass is 32.1. The Bertz CT molecular complexity index is 370. The van der Waals surface area contributed by atoms with Crippen LogP contribution in [0.4, 0.5) is 5.00 Å². The first-order valence-corrected chi connectivity index (χ1v) is 4.99. The van der Waals surface area contributed by atoms with Gasteiger partial charge >= 0.3 is 5.97 Å². The monoisotopic (exact) mass is 213 g/mol. The fourth-order valence-electron chi connectivity index (χ4n) is 1.11. The van der Waals surface area contributed by atoms with Gasteiger partial charge in [-0.05, 0) is 18.1 Å². The van der Waals surface area contributed by atoms with E-state index in [0.29, 0.717) is 16.3 Å². The van der Waals surface area contributed by atoms with Crippen molar-refractivity contribution in [1.82, 2.24) is 0 Å². The number of carboxylic acids is 1. The van der Waals surface area contributed by atoms with Gasteiger partial charge in [-0.1, -0.05) is 6.92 Å². The number of thiophene rings is 1. The van der Waals surface area contributed by atoms with Crippen LogP contribution in [0.25, 0.3) is 0 Å². The van der Waals surface area contributed by atoms with Gasteiger partial charge in [-0.25, -0.2) is 4.79 Å². The summed E-state index contributed by atoms with van der Waals surface area (Å²) >= 11 is 1.09. The van der Waals surface area contributed by atoms with E-state index in [9.17, 15) is 9.59 Å². The van der Waals surface area contributed by atoms with Crippen LogP contribution in [0.2, 0.25) is 0 Å². The van der Waals surface area contributed by atoms with Crippen molar-refractivity contribution in [3.8, 4) is 0 Å². The van der Waals surface area contributed by atoms with Crippen molar-refractivity contribution in [2.24, 2.45) is 0 Å². The molecule has 0 unspecified atom stereocenters. The molecule has 1 aromatic rings. The molecule has 1 amide bonds. The fourth-order valence-corrected chi connectivity index (χ4v) is 2.15. The minimum Gasteiger partial charge on any atom is -0.477 e. The summed E-state index contributed by atoms with van der Waals surface area (Å²) < 4.78 is 0. The molecule has 5 heteroatoms. The lowest BCUT2D eigenvalue weighted by Gasteiger charge is -1.93. The molecule has 0 saturated heterocycles. The third-order valence-electron chi connectivity index (χ3n) is 1.68. The normalized spacial score (nSPS) is 9.86. The van der Waals surface area contributed by atoms with Crippen molar-refractivity contribution in [3.63, 3.8) is 0 Å². The van der Waals surface area contributed by atoms with Gasteiger partial charge in [0.1, 0.15) is 4.88 Å². The van der Waals surface area contributed by atoms with Crippen molar-refractivity contribution in [2.45, 2.75) is 20.3 Å². The molecule has 0 aliphatic heterocycles. The zero-order valence-corrected chi connectivity index (χ0v) is 8.77. The molecule has 0 atom stereocenters. The van der Waals surface area contributed by atoms with E-state index in [0.717, 1.165) is 16.9 Å². The van der Waals surface area contributed by atoms with Crippen LogP contribution in [0.3, 0.4) is 0 Å². The van der Waals surface area contributed by atoms with Gasteiger partial charge in [-0.3, -0.25) is 4.79 Å². The SMILES string of the molecule is CCc1cc(NC(C)=O)sc1C(=O)O. The van der Waals surface area contributed by atoms with Crippen LogP contribution in [0.5, 0.6) is 0 Å². The molecular formula is C9H11NO3S. The number of carboxylic acid groups (broad SMARTS) is 1. The Kier molecular flexibility index (Phi) is 3.24. The lowest BCUT2D eigenvalue weighted by molar-refractivity contribution is -0.114. The number of amides is 1. The van der Waals surface area contributed by atoms with E-state index in [4.69, 9.17) is 5.11 Å². The highest BCUT2D eigenvalue weighted by molar-refractivity contribution is 7.18. The average molecular weight is 213 g/mol. The highest BCUT2D eigenvalue weighted by Gasteiger charge is 2.14. The van der Waals surface area contributed by atoms with Crippen LogP contribution < -0.4 is 5.32 Å². The molecule has 0 aliphatic rings. The summed E-state index contributed by atoms with van der Waals surface area (Å²) in [6.45, 7) is 3.28. The molecule has 4 nitrogen and oxygen atoms in total. The molecule has 0 bridgehead atoms. The molecule has 1 heterocycles. The first-order chi connectivity index (χ1) is 6.54. The molecule has 0 spiro atoms. The van der Waals surface area contributed by atoms with Crippen molar-refractivity contribution < 1.29 is 14.7 Å². The summed E-state index contributed by atoms with van der Waals surface area (Å²) in [7, 11) is 0. The number of hydrogen-bond acceptors (Lipinski definition) is 3. The van der Waals surface area contributed by atoms with E-state index in [-0.39, 0.29) is 5.91 Å². The van der Waals surface area contributed by atoms with Gasteiger partial charge in [0.15, 0.2) is 0 Å². The van der Waals surface area contributed by atoms with Crippen LogP contribution in [0.1, 0.15) is 29.1 Å². The summed E-state index contributed by atoms with van der Waals surface area (Å²) in [5.74, 6) is -1.13. The van der Waals surface area contributed by atoms with Crippen molar-refractivity contribution in [2.75, 3.05) is 5.32 Å².